The van der Waals surface area contributed by atoms with Crippen molar-refractivity contribution in [1.82, 2.24) is 15.8 Å². The highest BCUT2D eigenvalue weighted by Crippen LogP contribution is 2.33. The summed E-state index contributed by atoms with van der Waals surface area (Å²) in [6, 6.07) is 14.6. The first-order valence-electron chi connectivity index (χ1n) is 13.8. The lowest BCUT2D eigenvalue weighted by Crippen LogP contribution is -2.45. The maximum Gasteiger partial charge on any atom is 0.271 e. The molecule has 0 bridgehead atoms. The van der Waals surface area contributed by atoms with Gasteiger partial charge in [0.2, 0.25) is 0 Å². The molecule has 3 aromatic rings. The minimum Gasteiger partial charge on any atom is -0.490 e. The van der Waals surface area contributed by atoms with Crippen molar-refractivity contribution in [2.75, 3.05) is 43.1 Å². The standard InChI is InChI=1S/C30H37N7O5/c1-4-41-25-17-21(7-11-24(25)42-19(2)3)27(34-23-9-5-20(6-10-23)28(31)32)30(39)36-35-29(38)22-8-12-26(33-18-22)37-13-15-40-16-14-37/h5-12,17-19,27,34H,4,13-16H2,1-3H3,(H3,31,32)(H,35,38)(H,36,39). The number of amidine groups is 1. The topological polar surface area (TPSA) is 164 Å². The summed E-state index contributed by atoms with van der Waals surface area (Å²) in [5.41, 5.74) is 12.6. The van der Waals surface area contributed by atoms with Crippen LogP contribution in [0.25, 0.3) is 0 Å². The molecule has 0 saturated carbocycles. The number of nitrogens with zero attached hydrogens (tertiary/aromatic N) is 2. The number of ether oxygens (including phenoxy) is 3. The Morgan fingerprint density at radius 1 is 1.02 bits per heavy atom. The van der Waals surface area contributed by atoms with E-state index in [4.69, 9.17) is 25.4 Å². The number of pyridine rings is 1. The summed E-state index contributed by atoms with van der Waals surface area (Å²) in [5.74, 6) is 0.719. The molecular weight excluding hydrogens is 538 g/mol. The Kier molecular flexibility index (Phi) is 10.2. The van der Waals surface area contributed by atoms with Gasteiger partial charge in [0.05, 0.1) is 31.5 Å². The number of morpholine rings is 1. The van der Waals surface area contributed by atoms with E-state index in [2.05, 4.69) is 26.1 Å². The van der Waals surface area contributed by atoms with Gasteiger partial charge in [-0.2, -0.15) is 0 Å². The van der Waals surface area contributed by atoms with E-state index >= 15 is 0 Å². The van der Waals surface area contributed by atoms with Gasteiger partial charge in [-0.1, -0.05) is 6.07 Å². The summed E-state index contributed by atoms with van der Waals surface area (Å²) < 4.78 is 17.0. The van der Waals surface area contributed by atoms with Gasteiger partial charge in [-0.25, -0.2) is 4.98 Å². The second-order valence-electron chi connectivity index (χ2n) is 9.82. The molecule has 1 aliphatic rings. The quantitative estimate of drug-likeness (QED) is 0.131. The highest BCUT2D eigenvalue weighted by molar-refractivity contribution is 5.97. The number of nitrogens with two attached hydrogens (primary N) is 1. The summed E-state index contributed by atoms with van der Waals surface area (Å²) >= 11 is 0. The largest absolute Gasteiger partial charge is 0.490 e. The lowest BCUT2D eigenvalue weighted by Gasteiger charge is -2.27. The zero-order valence-electron chi connectivity index (χ0n) is 24.0. The number of hydrogen-bond acceptors (Lipinski definition) is 9. The van der Waals surface area contributed by atoms with Gasteiger partial charge >= 0.3 is 0 Å². The first kappa shape index (κ1) is 30.1. The zero-order chi connectivity index (χ0) is 30.1. The third-order valence-corrected chi connectivity index (χ3v) is 6.38. The van der Waals surface area contributed by atoms with E-state index in [1.807, 2.05) is 20.8 Å². The SMILES string of the molecule is CCOc1cc(C(Nc2ccc(C(=N)N)cc2)C(=O)NNC(=O)c2ccc(N3CCOCC3)nc2)ccc1OC(C)C. The van der Waals surface area contributed by atoms with Crippen molar-refractivity contribution in [1.29, 1.82) is 5.41 Å². The molecular formula is C30H37N7O5. The number of amides is 2. The van der Waals surface area contributed by atoms with Crippen molar-refractivity contribution in [3.8, 4) is 11.5 Å². The van der Waals surface area contributed by atoms with Gasteiger partial charge in [-0.3, -0.25) is 25.8 Å². The number of hydrazine groups is 1. The summed E-state index contributed by atoms with van der Waals surface area (Å²) in [5, 5.41) is 10.8. The zero-order valence-corrected chi connectivity index (χ0v) is 24.0. The van der Waals surface area contributed by atoms with Crippen molar-refractivity contribution in [3.63, 3.8) is 0 Å². The Bertz CT molecular complexity index is 1370. The van der Waals surface area contributed by atoms with Crippen molar-refractivity contribution >= 4 is 29.2 Å². The van der Waals surface area contributed by atoms with E-state index in [-0.39, 0.29) is 11.9 Å². The summed E-state index contributed by atoms with van der Waals surface area (Å²) in [6.07, 6.45) is 1.40. The van der Waals surface area contributed by atoms with Gasteiger partial charge in [0.1, 0.15) is 17.7 Å². The summed E-state index contributed by atoms with van der Waals surface area (Å²) in [6.45, 7) is 8.83. The number of rotatable bonds is 11. The van der Waals surface area contributed by atoms with Crippen LogP contribution < -0.4 is 36.3 Å². The predicted octanol–water partition coefficient (Wildman–Crippen LogP) is 3.00. The minimum absolute atomic E-state index is 0.0619. The number of nitrogens with one attached hydrogen (secondary N) is 4. The number of aromatic nitrogens is 1. The van der Waals surface area contributed by atoms with Gasteiger partial charge < -0.3 is 30.2 Å². The van der Waals surface area contributed by atoms with E-state index in [0.717, 1.165) is 18.9 Å². The molecule has 42 heavy (non-hydrogen) atoms. The van der Waals surface area contributed by atoms with E-state index < -0.39 is 17.9 Å². The molecule has 12 heteroatoms. The van der Waals surface area contributed by atoms with Crippen LogP contribution in [-0.4, -0.2) is 61.6 Å². The van der Waals surface area contributed by atoms with E-state index in [0.29, 0.717) is 53.7 Å². The number of hydrogen-bond donors (Lipinski definition) is 5. The lowest BCUT2D eigenvalue weighted by molar-refractivity contribution is -0.122. The molecule has 1 aliphatic heterocycles. The van der Waals surface area contributed by atoms with E-state index in [9.17, 15) is 9.59 Å². The first-order valence-corrected chi connectivity index (χ1v) is 13.8. The predicted molar refractivity (Wildman–Crippen MR) is 160 cm³/mol. The molecule has 1 atom stereocenters. The van der Waals surface area contributed by atoms with Crippen LogP contribution in [0.3, 0.4) is 0 Å². The maximum atomic E-state index is 13.5. The molecule has 0 aliphatic carbocycles. The molecule has 2 amide bonds. The molecule has 2 heterocycles. The van der Waals surface area contributed by atoms with Crippen molar-refractivity contribution < 1.29 is 23.8 Å². The Hall–Kier alpha value is -4.84. The fourth-order valence-electron chi connectivity index (χ4n) is 4.30. The van der Waals surface area contributed by atoms with E-state index in [1.165, 1.54) is 6.20 Å². The normalized spacial score (nSPS) is 13.7. The number of carbonyl (C=O) groups is 2. The number of anilines is 2. The molecule has 6 N–H and O–H groups in total. The molecule has 4 rings (SSSR count). The number of carbonyl (C=O) groups excluding carboxylic acids is 2. The highest BCUT2D eigenvalue weighted by atomic mass is 16.5. The van der Waals surface area contributed by atoms with Crippen LogP contribution in [0.5, 0.6) is 11.5 Å². The van der Waals surface area contributed by atoms with Gasteiger partial charge in [-0.05, 0) is 74.9 Å². The minimum atomic E-state index is -0.928. The average molecular weight is 576 g/mol. The molecule has 0 radical (unpaired) electrons. The second-order valence-corrected chi connectivity index (χ2v) is 9.82. The van der Waals surface area contributed by atoms with Gasteiger partial charge in [0.25, 0.3) is 11.8 Å². The second kappa shape index (κ2) is 14.2. The fraction of sp³-hybridized carbons (Fsp3) is 0.333. The van der Waals surface area contributed by atoms with Crippen LogP contribution in [0, 0.1) is 5.41 Å². The fourth-order valence-corrected chi connectivity index (χ4v) is 4.30. The van der Waals surface area contributed by atoms with Crippen LogP contribution in [0.15, 0.2) is 60.8 Å². The number of benzene rings is 2. The third kappa shape index (κ3) is 7.88. The van der Waals surface area contributed by atoms with Crippen molar-refractivity contribution in [2.24, 2.45) is 5.73 Å². The van der Waals surface area contributed by atoms with Gasteiger partial charge in [0, 0.05) is 30.5 Å². The van der Waals surface area contributed by atoms with Crippen LogP contribution in [-0.2, 0) is 9.53 Å². The monoisotopic (exact) mass is 575 g/mol. The van der Waals surface area contributed by atoms with Crippen molar-refractivity contribution in [2.45, 2.75) is 32.9 Å². The Morgan fingerprint density at radius 2 is 1.74 bits per heavy atom. The highest BCUT2D eigenvalue weighted by Gasteiger charge is 2.24. The molecule has 0 spiro atoms. The smallest absolute Gasteiger partial charge is 0.271 e. The molecule has 1 fully saturated rings. The van der Waals surface area contributed by atoms with Gasteiger partial charge in [-0.15, -0.1) is 0 Å². The number of nitrogen functional groups attached to an aromatic ring is 1. The molecule has 1 unspecified atom stereocenters. The lowest BCUT2D eigenvalue weighted by atomic mass is 10.0. The molecule has 2 aromatic carbocycles. The third-order valence-electron chi connectivity index (χ3n) is 6.38. The molecule has 1 saturated heterocycles. The Labute approximate surface area is 245 Å². The Morgan fingerprint density at radius 3 is 2.36 bits per heavy atom. The Balaban J connectivity index is 1.52. The van der Waals surface area contributed by atoms with E-state index in [1.54, 1.807) is 54.6 Å². The summed E-state index contributed by atoms with van der Waals surface area (Å²) in [4.78, 5) is 32.8. The first-order chi connectivity index (χ1) is 20.2. The average Bonchev–Trinajstić information content (AvgIpc) is 3.00. The van der Waals surface area contributed by atoms with Crippen molar-refractivity contribution in [3.05, 3.63) is 77.5 Å². The molecule has 12 nitrogen and oxygen atoms in total. The van der Waals surface area contributed by atoms with Crippen LogP contribution in [0.1, 0.15) is 48.3 Å². The maximum absolute atomic E-state index is 13.5. The van der Waals surface area contributed by atoms with Crippen LogP contribution in [0.2, 0.25) is 0 Å². The van der Waals surface area contributed by atoms with Crippen LogP contribution in [0.4, 0.5) is 11.5 Å². The van der Waals surface area contributed by atoms with Gasteiger partial charge in [0.15, 0.2) is 11.5 Å². The molecule has 222 valence electrons. The van der Waals surface area contributed by atoms with Crippen LogP contribution >= 0.6 is 0 Å². The molecule has 1 aromatic heterocycles. The summed E-state index contributed by atoms with van der Waals surface area (Å²) in [7, 11) is 0.